The molecule has 0 aromatic heterocycles. The number of hydrogen-bond donors (Lipinski definition) is 0. The molecule has 0 amide bonds. The maximum atomic E-state index is 12.8. The Kier molecular flexibility index (Phi) is 7.98. The number of esters is 1. The van der Waals surface area contributed by atoms with E-state index >= 15 is 0 Å². The number of benzene rings is 1. The lowest BCUT2D eigenvalue weighted by molar-refractivity contribution is -0.147. The molecule has 1 aliphatic rings. The molecule has 1 fully saturated rings. The van der Waals surface area contributed by atoms with Gasteiger partial charge in [-0.1, -0.05) is 26.0 Å². The van der Waals surface area contributed by atoms with Gasteiger partial charge in [-0.25, -0.2) is 4.39 Å². The number of carbonyl (C=O) groups is 1. The molecule has 0 spiro atoms. The predicted molar refractivity (Wildman–Crippen MR) is 82.6 cm³/mol. The van der Waals surface area contributed by atoms with E-state index in [9.17, 15) is 9.18 Å². The summed E-state index contributed by atoms with van der Waals surface area (Å²) in [6.45, 7) is 6.82. The summed E-state index contributed by atoms with van der Waals surface area (Å²) in [4.78, 5) is 13.8. The highest BCUT2D eigenvalue weighted by molar-refractivity contribution is 5.72. The third-order valence-corrected chi connectivity index (χ3v) is 3.75. The molecule has 118 valence electrons. The summed E-state index contributed by atoms with van der Waals surface area (Å²) in [6.07, 6.45) is 2.66. The molecule has 21 heavy (non-hydrogen) atoms. The smallest absolute Gasteiger partial charge is 0.308 e. The highest BCUT2D eigenvalue weighted by atomic mass is 19.1. The van der Waals surface area contributed by atoms with Crippen molar-refractivity contribution < 1.29 is 13.9 Å². The Morgan fingerprint density at radius 2 is 1.81 bits per heavy atom. The zero-order valence-electron chi connectivity index (χ0n) is 13.3. The number of likely N-dealkylation sites (tertiary alicyclic amines) is 1. The second-order valence-corrected chi connectivity index (χ2v) is 5.02. The second-order valence-electron chi connectivity index (χ2n) is 5.02. The molecule has 4 heteroatoms. The van der Waals surface area contributed by atoms with Gasteiger partial charge in [0.15, 0.2) is 0 Å². The molecular weight excluding hydrogens is 269 g/mol. The van der Waals surface area contributed by atoms with Gasteiger partial charge in [0.05, 0.1) is 13.0 Å². The van der Waals surface area contributed by atoms with Crippen molar-refractivity contribution in [3.8, 4) is 0 Å². The van der Waals surface area contributed by atoms with Gasteiger partial charge >= 0.3 is 5.97 Å². The highest BCUT2D eigenvalue weighted by Crippen LogP contribution is 2.18. The van der Waals surface area contributed by atoms with E-state index in [1.54, 1.807) is 0 Å². The average Bonchev–Trinajstić information content (AvgIpc) is 2.56. The topological polar surface area (TPSA) is 29.5 Å². The minimum atomic E-state index is -0.192. The van der Waals surface area contributed by atoms with E-state index in [0.717, 1.165) is 44.5 Å². The molecular formula is C17H26FNO2. The molecule has 2 rings (SSSR count). The largest absolute Gasteiger partial charge is 0.469 e. The van der Waals surface area contributed by atoms with Crippen LogP contribution in [0.4, 0.5) is 4.39 Å². The van der Waals surface area contributed by atoms with Crippen molar-refractivity contribution in [1.29, 1.82) is 0 Å². The van der Waals surface area contributed by atoms with E-state index in [2.05, 4.69) is 4.90 Å². The number of hydrogen-bond acceptors (Lipinski definition) is 3. The zero-order chi connectivity index (χ0) is 15.7. The number of rotatable bonds is 4. The fourth-order valence-corrected chi connectivity index (χ4v) is 2.50. The minimum absolute atomic E-state index is 0.0621. The van der Waals surface area contributed by atoms with E-state index < -0.39 is 0 Å². The quantitative estimate of drug-likeness (QED) is 0.798. The van der Waals surface area contributed by atoms with Crippen molar-refractivity contribution in [2.24, 2.45) is 5.92 Å². The van der Waals surface area contributed by atoms with Crippen LogP contribution in [-0.2, 0) is 16.0 Å². The summed E-state index contributed by atoms with van der Waals surface area (Å²) in [5.74, 6) is -0.215. The first-order valence-electron chi connectivity index (χ1n) is 7.73. The van der Waals surface area contributed by atoms with Crippen LogP contribution in [0.2, 0.25) is 0 Å². The van der Waals surface area contributed by atoms with Crippen molar-refractivity contribution in [2.75, 3.05) is 26.7 Å². The summed E-state index contributed by atoms with van der Waals surface area (Å²) >= 11 is 0. The Bertz CT molecular complexity index is 411. The van der Waals surface area contributed by atoms with E-state index in [1.807, 2.05) is 26.0 Å². The van der Waals surface area contributed by atoms with Crippen LogP contribution in [0.1, 0.15) is 32.3 Å². The molecule has 0 aliphatic carbocycles. The molecule has 3 nitrogen and oxygen atoms in total. The first kappa shape index (κ1) is 17.6. The maximum absolute atomic E-state index is 12.8. The van der Waals surface area contributed by atoms with Crippen LogP contribution < -0.4 is 0 Å². The number of methoxy groups -OCH3 is 1. The number of piperidine rings is 1. The Balaban J connectivity index is 0.00000106. The van der Waals surface area contributed by atoms with Crippen molar-refractivity contribution in [3.63, 3.8) is 0 Å². The molecule has 1 aliphatic heterocycles. The van der Waals surface area contributed by atoms with Gasteiger partial charge in [-0.2, -0.15) is 0 Å². The van der Waals surface area contributed by atoms with Crippen LogP contribution in [0.15, 0.2) is 24.3 Å². The van der Waals surface area contributed by atoms with Crippen LogP contribution in [0.5, 0.6) is 0 Å². The standard InChI is InChI=1S/C15H20FNO2.C2H6/c1-19-15(18)13-7-10-17(11-8-13)9-6-12-2-4-14(16)5-3-12;1-2/h2-5,13H,6-11H2,1H3;1-2H3. The van der Waals surface area contributed by atoms with Crippen molar-refractivity contribution in [2.45, 2.75) is 33.1 Å². The zero-order valence-corrected chi connectivity index (χ0v) is 13.3. The van der Waals surface area contributed by atoms with Crippen LogP contribution in [0, 0.1) is 11.7 Å². The Morgan fingerprint density at radius 1 is 1.24 bits per heavy atom. The lowest BCUT2D eigenvalue weighted by Crippen LogP contribution is -2.37. The first-order valence-corrected chi connectivity index (χ1v) is 7.73. The van der Waals surface area contributed by atoms with Crippen molar-refractivity contribution in [1.82, 2.24) is 4.90 Å². The molecule has 1 aromatic rings. The van der Waals surface area contributed by atoms with Gasteiger partial charge in [-0.3, -0.25) is 4.79 Å². The average molecular weight is 295 g/mol. The molecule has 0 bridgehead atoms. The summed E-state index contributed by atoms with van der Waals surface area (Å²) in [5, 5.41) is 0. The highest BCUT2D eigenvalue weighted by Gasteiger charge is 2.25. The molecule has 1 aromatic carbocycles. The van der Waals surface area contributed by atoms with Crippen LogP contribution in [-0.4, -0.2) is 37.6 Å². The fourth-order valence-electron chi connectivity index (χ4n) is 2.50. The molecule has 0 saturated carbocycles. The Hall–Kier alpha value is -1.42. The number of carbonyl (C=O) groups excluding carboxylic acids is 1. The third kappa shape index (κ3) is 5.84. The van der Waals surface area contributed by atoms with E-state index in [-0.39, 0.29) is 17.7 Å². The third-order valence-electron chi connectivity index (χ3n) is 3.75. The van der Waals surface area contributed by atoms with Crippen LogP contribution >= 0.6 is 0 Å². The predicted octanol–water partition coefficient (Wildman–Crippen LogP) is 3.28. The van der Waals surface area contributed by atoms with Gasteiger partial charge in [0.25, 0.3) is 0 Å². The van der Waals surface area contributed by atoms with Gasteiger partial charge in [-0.05, 0) is 50.0 Å². The van der Waals surface area contributed by atoms with Gasteiger partial charge in [-0.15, -0.1) is 0 Å². The van der Waals surface area contributed by atoms with Crippen molar-refractivity contribution >= 4 is 5.97 Å². The summed E-state index contributed by atoms with van der Waals surface area (Å²) in [6, 6.07) is 6.66. The van der Waals surface area contributed by atoms with Gasteiger partial charge in [0.2, 0.25) is 0 Å². The van der Waals surface area contributed by atoms with E-state index in [0.29, 0.717) is 0 Å². The monoisotopic (exact) mass is 295 g/mol. The molecule has 0 radical (unpaired) electrons. The molecule has 0 N–H and O–H groups in total. The van der Waals surface area contributed by atoms with Crippen molar-refractivity contribution in [3.05, 3.63) is 35.6 Å². The first-order chi connectivity index (χ1) is 10.2. The fraction of sp³-hybridized carbons (Fsp3) is 0.588. The minimum Gasteiger partial charge on any atom is -0.469 e. The molecule has 1 heterocycles. The summed E-state index contributed by atoms with van der Waals surface area (Å²) in [7, 11) is 1.45. The Morgan fingerprint density at radius 3 is 2.33 bits per heavy atom. The number of halogens is 1. The normalized spacial score (nSPS) is 16.0. The summed E-state index contributed by atoms with van der Waals surface area (Å²) in [5.41, 5.74) is 1.15. The van der Waals surface area contributed by atoms with Crippen LogP contribution in [0.25, 0.3) is 0 Å². The molecule has 0 unspecified atom stereocenters. The van der Waals surface area contributed by atoms with Gasteiger partial charge < -0.3 is 9.64 Å². The summed E-state index contributed by atoms with van der Waals surface area (Å²) < 4.78 is 17.6. The number of nitrogens with zero attached hydrogens (tertiary/aromatic N) is 1. The Labute approximate surface area is 127 Å². The van der Waals surface area contributed by atoms with E-state index in [4.69, 9.17) is 4.74 Å². The SMILES string of the molecule is CC.COC(=O)C1CCN(CCc2ccc(F)cc2)CC1. The number of ether oxygens (including phenoxy) is 1. The van der Waals surface area contributed by atoms with Gasteiger partial charge in [0, 0.05) is 6.54 Å². The lowest BCUT2D eigenvalue weighted by atomic mass is 9.97. The molecule has 0 atom stereocenters. The lowest BCUT2D eigenvalue weighted by Gasteiger charge is -2.30. The second kappa shape index (κ2) is 9.50. The van der Waals surface area contributed by atoms with Crippen LogP contribution in [0.3, 0.4) is 0 Å². The maximum Gasteiger partial charge on any atom is 0.308 e. The van der Waals surface area contributed by atoms with Gasteiger partial charge in [0.1, 0.15) is 5.82 Å². The molecule has 1 saturated heterocycles. The van der Waals surface area contributed by atoms with E-state index in [1.165, 1.54) is 19.2 Å².